The Morgan fingerprint density at radius 2 is 2.05 bits per heavy atom. The van der Waals surface area contributed by atoms with Crippen LogP contribution in [-0.2, 0) is 10.0 Å². The van der Waals surface area contributed by atoms with Crippen LogP contribution in [0.5, 0.6) is 0 Å². The first-order chi connectivity index (χ1) is 9.54. The monoisotopic (exact) mass is 293 g/mol. The molecule has 1 N–H and O–H groups in total. The predicted molar refractivity (Wildman–Crippen MR) is 77.6 cm³/mol. The number of hydrogen-bond acceptors (Lipinski definition) is 3. The van der Waals surface area contributed by atoms with Crippen molar-refractivity contribution in [2.45, 2.75) is 24.7 Å². The standard InChI is InChI=1S/C15H19NO3S/c1-13-4-2-10-16(12-13)20(18,19)15-8-6-14(7-9-15)5-3-11-17/h6-9,13,17H,2,4,10-12H2,1H3. The van der Waals surface area contributed by atoms with E-state index in [-0.39, 0.29) is 6.61 Å². The van der Waals surface area contributed by atoms with Gasteiger partial charge in [-0.1, -0.05) is 18.8 Å². The van der Waals surface area contributed by atoms with Gasteiger partial charge in [0.2, 0.25) is 10.0 Å². The van der Waals surface area contributed by atoms with Gasteiger partial charge in [-0.3, -0.25) is 0 Å². The molecule has 2 rings (SSSR count). The van der Waals surface area contributed by atoms with Crippen LogP contribution in [0.2, 0.25) is 0 Å². The first kappa shape index (κ1) is 15.0. The van der Waals surface area contributed by atoms with Gasteiger partial charge in [0, 0.05) is 18.7 Å². The summed E-state index contributed by atoms with van der Waals surface area (Å²) in [5.41, 5.74) is 0.699. The Kier molecular flexibility index (Phi) is 4.81. The lowest BCUT2D eigenvalue weighted by Crippen LogP contribution is -2.39. The number of aliphatic hydroxyl groups is 1. The van der Waals surface area contributed by atoms with Crippen molar-refractivity contribution in [2.75, 3.05) is 19.7 Å². The second-order valence-corrected chi connectivity index (χ2v) is 7.03. The van der Waals surface area contributed by atoms with Gasteiger partial charge >= 0.3 is 0 Å². The van der Waals surface area contributed by atoms with Gasteiger partial charge in [0.05, 0.1) is 4.90 Å². The van der Waals surface area contributed by atoms with E-state index >= 15 is 0 Å². The summed E-state index contributed by atoms with van der Waals surface area (Å²) in [5, 5.41) is 8.63. The minimum Gasteiger partial charge on any atom is -0.384 e. The third kappa shape index (κ3) is 3.40. The van der Waals surface area contributed by atoms with Crippen molar-refractivity contribution >= 4 is 10.0 Å². The molecule has 108 valence electrons. The number of nitrogens with zero attached hydrogens (tertiary/aromatic N) is 1. The van der Waals surface area contributed by atoms with E-state index < -0.39 is 10.0 Å². The van der Waals surface area contributed by atoms with Crippen LogP contribution in [0.15, 0.2) is 29.2 Å². The van der Waals surface area contributed by atoms with E-state index in [0.29, 0.717) is 29.5 Å². The van der Waals surface area contributed by atoms with Crippen LogP contribution in [-0.4, -0.2) is 37.5 Å². The second-order valence-electron chi connectivity index (χ2n) is 5.09. The summed E-state index contributed by atoms with van der Waals surface area (Å²) in [7, 11) is -3.40. The minimum atomic E-state index is -3.40. The normalized spacial score (nSPS) is 20.2. The largest absolute Gasteiger partial charge is 0.384 e. The third-order valence-corrected chi connectivity index (χ3v) is 5.30. The highest BCUT2D eigenvalue weighted by Gasteiger charge is 2.28. The SMILES string of the molecule is CC1CCCN(S(=O)(=O)c2ccc(C#CCO)cc2)C1. The average molecular weight is 293 g/mol. The van der Waals surface area contributed by atoms with Crippen molar-refractivity contribution in [3.05, 3.63) is 29.8 Å². The summed E-state index contributed by atoms with van der Waals surface area (Å²) < 4.78 is 26.6. The fourth-order valence-corrected chi connectivity index (χ4v) is 3.96. The van der Waals surface area contributed by atoms with Crippen LogP contribution < -0.4 is 0 Å². The van der Waals surface area contributed by atoms with Crippen LogP contribution in [0.3, 0.4) is 0 Å². The number of benzene rings is 1. The van der Waals surface area contributed by atoms with Crippen LogP contribution in [0.25, 0.3) is 0 Å². The molecule has 0 spiro atoms. The molecule has 1 heterocycles. The minimum absolute atomic E-state index is 0.203. The first-order valence-electron chi connectivity index (χ1n) is 6.74. The molecule has 1 atom stereocenters. The molecule has 0 amide bonds. The van der Waals surface area contributed by atoms with E-state index in [0.717, 1.165) is 12.8 Å². The lowest BCUT2D eigenvalue weighted by molar-refractivity contribution is 0.281. The van der Waals surface area contributed by atoms with Gasteiger partial charge in [0.15, 0.2) is 0 Å². The Hall–Kier alpha value is -1.35. The molecular weight excluding hydrogens is 274 g/mol. The maximum absolute atomic E-state index is 12.5. The van der Waals surface area contributed by atoms with Crippen LogP contribution in [0, 0.1) is 17.8 Å². The average Bonchev–Trinajstić information content (AvgIpc) is 2.45. The van der Waals surface area contributed by atoms with Crippen molar-refractivity contribution in [1.29, 1.82) is 0 Å². The lowest BCUT2D eigenvalue weighted by Gasteiger charge is -2.30. The molecule has 0 saturated carbocycles. The quantitative estimate of drug-likeness (QED) is 0.840. The van der Waals surface area contributed by atoms with E-state index in [2.05, 4.69) is 18.8 Å². The molecule has 0 aromatic heterocycles. The Morgan fingerprint density at radius 1 is 1.35 bits per heavy atom. The Labute approximate surface area is 120 Å². The zero-order valence-corrected chi connectivity index (χ0v) is 12.4. The number of rotatable bonds is 2. The summed E-state index contributed by atoms with van der Waals surface area (Å²) >= 11 is 0. The molecule has 1 saturated heterocycles. The van der Waals surface area contributed by atoms with E-state index in [1.165, 1.54) is 0 Å². The Balaban J connectivity index is 2.21. The van der Waals surface area contributed by atoms with Crippen molar-refractivity contribution < 1.29 is 13.5 Å². The summed E-state index contributed by atoms with van der Waals surface area (Å²) in [4.78, 5) is 0.307. The summed E-state index contributed by atoms with van der Waals surface area (Å²) in [6, 6.07) is 6.50. The highest BCUT2D eigenvalue weighted by atomic mass is 32.2. The van der Waals surface area contributed by atoms with Crippen LogP contribution >= 0.6 is 0 Å². The molecule has 4 nitrogen and oxygen atoms in total. The van der Waals surface area contributed by atoms with E-state index in [1.807, 2.05) is 0 Å². The first-order valence-corrected chi connectivity index (χ1v) is 8.18. The number of aliphatic hydroxyl groups excluding tert-OH is 1. The van der Waals surface area contributed by atoms with Gasteiger partial charge in [-0.2, -0.15) is 4.31 Å². The molecule has 5 heteroatoms. The molecule has 1 aliphatic heterocycles. The number of hydrogen-bond donors (Lipinski definition) is 1. The molecule has 1 fully saturated rings. The zero-order valence-electron chi connectivity index (χ0n) is 11.5. The zero-order chi connectivity index (χ0) is 14.6. The summed E-state index contributed by atoms with van der Waals surface area (Å²) in [6.45, 7) is 3.06. The predicted octanol–water partition coefficient (Wildman–Crippen LogP) is 1.45. The van der Waals surface area contributed by atoms with Gasteiger partial charge < -0.3 is 5.11 Å². The maximum atomic E-state index is 12.5. The number of piperidine rings is 1. The molecule has 20 heavy (non-hydrogen) atoms. The molecule has 0 bridgehead atoms. The lowest BCUT2D eigenvalue weighted by atomic mass is 10.0. The van der Waals surface area contributed by atoms with Crippen molar-refractivity contribution in [3.63, 3.8) is 0 Å². The molecular formula is C15H19NO3S. The molecule has 1 aromatic rings. The van der Waals surface area contributed by atoms with Gasteiger partial charge in [0.25, 0.3) is 0 Å². The van der Waals surface area contributed by atoms with Crippen molar-refractivity contribution in [2.24, 2.45) is 5.92 Å². The van der Waals surface area contributed by atoms with Gasteiger partial charge in [-0.05, 0) is 43.0 Å². The van der Waals surface area contributed by atoms with Gasteiger partial charge in [0.1, 0.15) is 6.61 Å². The molecule has 0 radical (unpaired) electrons. The fraction of sp³-hybridized carbons (Fsp3) is 0.467. The highest BCUT2D eigenvalue weighted by Crippen LogP contribution is 2.23. The maximum Gasteiger partial charge on any atom is 0.243 e. The topological polar surface area (TPSA) is 57.6 Å². The molecule has 1 aliphatic rings. The molecule has 0 aliphatic carbocycles. The van der Waals surface area contributed by atoms with Gasteiger partial charge in [-0.25, -0.2) is 8.42 Å². The highest BCUT2D eigenvalue weighted by molar-refractivity contribution is 7.89. The van der Waals surface area contributed by atoms with E-state index in [4.69, 9.17) is 5.11 Å². The van der Waals surface area contributed by atoms with E-state index in [9.17, 15) is 8.42 Å². The molecule has 1 unspecified atom stereocenters. The smallest absolute Gasteiger partial charge is 0.243 e. The van der Waals surface area contributed by atoms with Crippen LogP contribution in [0.4, 0.5) is 0 Å². The summed E-state index contributed by atoms with van der Waals surface area (Å²) in [5.74, 6) is 5.70. The Bertz CT molecular complexity index is 611. The second kappa shape index (κ2) is 6.40. The number of sulfonamides is 1. The van der Waals surface area contributed by atoms with Gasteiger partial charge in [-0.15, -0.1) is 0 Å². The molecule has 1 aromatic carbocycles. The van der Waals surface area contributed by atoms with E-state index in [1.54, 1.807) is 28.6 Å². The third-order valence-electron chi connectivity index (χ3n) is 3.42. The fourth-order valence-electron chi connectivity index (χ4n) is 2.37. The Morgan fingerprint density at radius 3 is 2.65 bits per heavy atom. The summed E-state index contributed by atoms with van der Waals surface area (Å²) in [6.07, 6.45) is 2.00. The van der Waals surface area contributed by atoms with Crippen molar-refractivity contribution in [1.82, 2.24) is 4.31 Å². The van der Waals surface area contributed by atoms with Crippen LogP contribution in [0.1, 0.15) is 25.3 Å². The van der Waals surface area contributed by atoms with Crippen molar-refractivity contribution in [3.8, 4) is 11.8 Å².